The summed E-state index contributed by atoms with van der Waals surface area (Å²) in [6.45, 7) is 2.06. The Morgan fingerprint density at radius 1 is 1.59 bits per heavy atom. The van der Waals surface area contributed by atoms with E-state index in [9.17, 15) is 4.79 Å². The van der Waals surface area contributed by atoms with Gasteiger partial charge in [-0.15, -0.1) is 0 Å². The summed E-state index contributed by atoms with van der Waals surface area (Å²) in [5.74, 6) is 1.01. The molecule has 0 radical (unpaired) electrons. The maximum Gasteiger partial charge on any atom is 0.269 e. The van der Waals surface area contributed by atoms with Gasteiger partial charge in [-0.1, -0.05) is 6.92 Å². The van der Waals surface area contributed by atoms with Crippen LogP contribution in [0.25, 0.3) is 5.52 Å². The largest absolute Gasteiger partial charge is 0.497 e. The van der Waals surface area contributed by atoms with Gasteiger partial charge in [-0.05, 0) is 12.5 Å². The minimum atomic E-state index is -0.516. The first-order valence-electron chi connectivity index (χ1n) is 5.52. The van der Waals surface area contributed by atoms with Crippen LogP contribution in [0.3, 0.4) is 0 Å². The number of amides is 1. The zero-order chi connectivity index (χ0) is 12.4. The number of carbonyl (C=O) groups excluding carboxylic acids is 1. The van der Waals surface area contributed by atoms with Crippen LogP contribution in [0.2, 0.25) is 0 Å². The number of hydrogen-bond acceptors (Lipinski definition) is 3. The number of pyridine rings is 1. The molecule has 1 amide bonds. The first-order valence-corrected chi connectivity index (χ1v) is 5.52. The van der Waals surface area contributed by atoms with Gasteiger partial charge in [-0.2, -0.15) is 0 Å². The van der Waals surface area contributed by atoms with Gasteiger partial charge in [-0.25, -0.2) is 4.98 Å². The third-order valence-electron chi connectivity index (χ3n) is 2.63. The van der Waals surface area contributed by atoms with E-state index in [0.29, 0.717) is 17.0 Å². The van der Waals surface area contributed by atoms with Crippen molar-refractivity contribution in [3.63, 3.8) is 0 Å². The quantitative estimate of drug-likeness (QED) is 0.867. The van der Waals surface area contributed by atoms with E-state index in [-0.39, 0.29) is 0 Å². The number of aryl methyl sites for hydroxylation is 1. The average Bonchev–Trinajstić information content (AvgIpc) is 2.68. The Balaban J connectivity index is 2.67. The van der Waals surface area contributed by atoms with Gasteiger partial charge in [0, 0.05) is 18.7 Å². The van der Waals surface area contributed by atoms with Crippen LogP contribution in [0.4, 0.5) is 0 Å². The number of methoxy groups -OCH3 is 1. The van der Waals surface area contributed by atoms with E-state index in [0.717, 1.165) is 18.7 Å². The van der Waals surface area contributed by atoms with Crippen molar-refractivity contribution in [2.45, 2.75) is 19.8 Å². The van der Waals surface area contributed by atoms with Gasteiger partial charge in [0.15, 0.2) is 5.69 Å². The topological polar surface area (TPSA) is 69.6 Å². The third kappa shape index (κ3) is 1.95. The number of carbonyl (C=O) groups is 1. The number of nitrogens with zero attached hydrogens (tertiary/aromatic N) is 2. The van der Waals surface area contributed by atoms with Crippen LogP contribution in [0.15, 0.2) is 18.3 Å². The van der Waals surface area contributed by atoms with Gasteiger partial charge >= 0.3 is 0 Å². The molecule has 2 heterocycles. The Kier molecular flexibility index (Phi) is 2.99. The second-order valence-corrected chi connectivity index (χ2v) is 3.81. The molecule has 0 atom stereocenters. The van der Waals surface area contributed by atoms with E-state index >= 15 is 0 Å². The van der Waals surface area contributed by atoms with Crippen LogP contribution in [-0.2, 0) is 6.42 Å². The maximum absolute atomic E-state index is 11.3. The summed E-state index contributed by atoms with van der Waals surface area (Å²) in [6.07, 6.45) is 3.61. The van der Waals surface area contributed by atoms with E-state index < -0.39 is 5.91 Å². The molecule has 0 spiro atoms. The Hall–Kier alpha value is -2.04. The Labute approximate surface area is 99.2 Å². The summed E-state index contributed by atoms with van der Waals surface area (Å²) in [6, 6.07) is 3.60. The smallest absolute Gasteiger partial charge is 0.269 e. The molecule has 0 aromatic carbocycles. The summed E-state index contributed by atoms with van der Waals surface area (Å²) < 4.78 is 7.01. The predicted octanol–water partition coefficient (Wildman–Crippen LogP) is 1.39. The zero-order valence-corrected chi connectivity index (χ0v) is 9.93. The molecule has 0 bridgehead atoms. The lowest BCUT2D eigenvalue weighted by Gasteiger charge is -2.02. The molecule has 2 aromatic heterocycles. The molecule has 2 rings (SSSR count). The number of nitrogens with two attached hydrogens (primary N) is 1. The summed E-state index contributed by atoms with van der Waals surface area (Å²) in [5.41, 5.74) is 6.32. The number of rotatable bonds is 4. The number of aromatic nitrogens is 2. The molecular formula is C12H15N3O2. The number of hydrogen-bond donors (Lipinski definition) is 1. The Morgan fingerprint density at radius 2 is 2.35 bits per heavy atom. The second-order valence-electron chi connectivity index (χ2n) is 3.81. The van der Waals surface area contributed by atoms with Crippen LogP contribution in [-0.4, -0.2) is 22.4 Å². The molecule has 0 unspecified atom stereocenters. The molecule has 17 heavy (non-hydrogen) atoms. The molecule has 0 saturated heterocycles. The molecule has 0 saturated carbocycles. The summed E-state index contributed by atoms with van der Waals surface area (Å²) >= 11 is 0. The normalized spacial score (nSPS) is 10.7. The Morgan fingerprint density at radius 3 is 2.94 bits per heavy atom. The minimum absolute atomic E-state index is 0.298. The lowest BCUT2D eigenvalue weighted by atomic mass is 10.3. The lowest BCUT2D eigenvalue weighted by Crippen LogP contribution is -2.11. The minimum Gasteiger partial charge on any atom is -0.497 e. The highest BCUT2D eigenvalue weighted by Crippen LogP contribution is 2.19. The SMILES string of the molecule is CCCc1nc(C(N)=O)c2cc(OC)ccn12. The Bertz CT molecular complexity index is 560. The van der Waals surface area contributed by atoms with E-state index in [2.05, 4.69) is 11.9 Å². The highest BCUT2D eigenvalue weighted by Gasteiger charge is 2.15. The fourth-order valence-corrected chi connectivity index (χ4v) is 1.84. The molecule has 0 aliphatic rings. The second kappa shape index (κ2) is 4.45. The van der Waals surface area contributed by atoms with E-state index in [4.69, 9.17) is 10.5 Å². The molecule has 2 N–H and O–H groups in total. The van der Waals surface area contributed by atoms with Gasteiger partial charge in [0.1, 0.15) is 11.6 Å². The van der Waals surface area contributed by atoms with Crippen molar-refractivity contribution < 1.29 is 9.53 Å². The number of imidazole rings is 1. The van der Waals surface area contributed by atoms with E-state index in [1.807, 2.05) is 16.7 Å². The number of fused-ring (bicyclic) bond motifs is 1. The summed E-state index contributed by atoms with van der Waals surface area (Å²) in [5, 5.41) is 0. The summed E-state index contributed by atoms with van der Waals surface area (Å²) in [7, 11) is 1.58. The molecule has 0 aliphatic carbocycles. The standard InChI is InChI=1S/C12H15N3O2/c1-3-4-10-14-11(12(13)16)9-7-8(17-2)5-6-15(9)10/h5-7H,3-4H2,1-2H3,(H2,13,16). The van der Waals surface area contributed by atoms with Gasteiger partial charge in [0.05, 0.1) is 12.6 Å². The van der Waals surface area contributed by atoms with Gasteiger partial charge < -0.3 is 14.9 Å². The van der Waals surface area contributed by atoms with Gasteiger partial charge in [0.25, 0.3) is 5.91 Å². The van der Waals surface area contributed by atoms with Gasteiger partial charge in [0.2, 0.25) is 0 Å². The van der Waals surface area contributed by atoms with E-state index in [1.165, 1.54) is 0 Å². The van der Waals surface area contributed by atoms with Crippen molar-refractivity contribution >= 4 is 11.4 Å². The maximum atomic E-state index is 11.3. The molecule has 0 fully saturated rings. The molecule has 5 nitrogen and oxygen atoms in total. The first-order chi connectivity index (χ1) is 8.17. The van der Waals surface area contributed by atoms with Crippen molar-refractivity contribution in [3.05, 3.63) is 29.8 Å². The molecular weight excluding hydrogens is 218 g/mol. The first kappa shape index (κ1) is 11.4. The third-order valence-corrected chi connectivity index (χ3v) is 2.63. The van der Waals surface area contributed by atoms with Crippen LogP contribution >= 0.6 is 0 Å². The monoisotopic (exact) mass is 233 g/mol. The predicted molar refractivity (Wildman–Crippen MR) is 64.3 cm³/mol. The van der Waals surface area contributed by atoms with E-state index in [1.54, 1.807) is 13.2 Å². The molecule has 2 aromatic rings. The van der Waals surface area contributed by atoms with Crippen molar-refractivity contribution in [2.24, 2.45) is 5.73 Å². The van der Waals surface area contributed by atoms with Gasteiger partial charge in [-0.3, -0.25) is 4.79 Å². The molecule has 5 heteroatoms. The molecule has 0 aliphatic heterocycles. The van der Waals surface area contributed by atoms with Crippen LogP contribution in [0, 0.1) is 0 Å². The highest BCUT2D eigenvalue weighted by molar-refractivity contribution is 5.98. The van der Waals surface area contributed by atoms with Crippen molar-refractivity contribution in [1.29, 1.82) is 0 Å². The lowest BCUT2D eigenvalue weighted by molar-refractivity contribution is 0.0997. The fraction of sp³-hybridized carbons (Fsp3) is 0.333. The highest BCUT2D eigenvalue weighted by atomic mass is 16.5. The summed E-state index contributed by atoms with van der Waals surface area (Å²) in [4.78, 5) is 15.6. The number of ether oxygens (including phenoxy) is 1. The van der Waals surface area contributed by atoms with Crippen LogP contribution in [0.1, 0.15) is 29.7 Å². The average molecular weight is 233 g/mol. The van der Waals surface area contributed by atoms with Crippen molar-refractivity contribution in [3.8, 4) is 5.75 Å². The zero-order valence-electron chi connectivity index (χ0n) is 9.93. The van der Waals surface area contributed by atoms with Crippen molar-refractivity contribution in [1.82, 2.24) is 9.38 Å². The number of primary amides is 1. The van der Waals surface area contributed by atoms with Crippen molar-refractivity contribution in [2.75, 3.05) is 7.11 Å². The fourth-order valence-electron chi connectivity index (χ4n) is 1.84. The van der Waals surface area contributed by atoms with Crippen LogP contribution < -0.4 is 10.5 Å². The van der Waals surface area contributed by atoms with Crippen LogP contribution in [0.5, 0.6) is 5.75 Å². The molecule has 90 valence electrons.